The monoisotopic (exact) mass is 433 g/mol. The molecule has 3 aromatic carbocycles. The molecule has 1 amide bonds. The third-order valence-electron chi connectivity index (χ3n) is 2.97. The van der Waals surface area contributed by atoms with Crippen LogP contribution in [-0.2, 0) is 4.79 Å². The van der Waals surface area contributed by atoms with Gasteiger partial charge in [-0.1, -0.05) is 29.7 Å². The van der Waals surface area contributed by atoms with Gasteiger partial charge in [-0.15, -0.1) is 0 Å². The van der Waals surface area contributed by atoms with Crippen molar-refractivity contribution in [2.24, 2.45) is 0 Å². The fraction of sp³-hybridized carbons (Fsp3) is 0.208. The molecule has 174 valence electrons. The minimum absolute atomic E-state index is 0. The zero-order valence-corrected chi connectivity index (χ0v) is 14.8. The Morgan fingerprint density at radius 1 is 0.613 bits per heavy atom. The molecule has 0 saturated carbocycles. The second kappa shape index (κ2) is 18.2. The number of phenols is 3. The van der Waals surface area contributed by atoms with Crippen LogP contribution in [-0.4, -0.2) is 21.2 Å². The molecule has 0 aliphatic carbocycles. The molecule has 7 nitrogen and oxygen atoms in total. The number of rotatable bonds is 1. The molecule has 0 heterocycles. The maximum absolute atomic E-state index is 10.5. The van der Waals surface area contributed by atoms with E-state index in [-0.39, 0.29) is 52.9 Å². The number of hydrogen-bond donors (Lipinski definition) is 6. The van der Waals surface area contributed by atoms with Crippen molar-refractivity contribution in [3.8, 4) is 17.2 Å². The fourth-order valence-electron chi connectivity index (χ4n) is 1.70. The lowest BCUT2D eigenvalue weighted by atomic mass is 10.3. The molecule has 7 heteroatoms. The fourth-order valence-corrected chi connectivity index (χ4v) is 1.70. The average molecular weight is 434 g/mol. The Balaban J connectivity index is -0.000000168. The summed E-state index contributed by atoms with van der Waals surface area (Å²) in [5.74, 6) is 0.577. The topological polar surface area (TPSA) is 142 Å². The molecule has 0 aromatic heterocycles. The summed E-state index contributed by atoms with van der Waals surface area (Å²) in [7, 11) is 0. The van der Waals surface area contributed by atoms with Gasteiger partial charge in [0.05, 0.1) is 0 Å². The number of carbonyl (C=O) groups excluding carboxylic acids is 1. The SMILES string of the molecule is C.C.C.C.CC(=O)Nc1ccc(O)cc1.Nc1ccc(O)cc1.Nc1ccc(O)cc1. The van der Waals surface area contributed by atoms with Crippen LogP contribution in [0.1, 0.15) is 36.6 Å². The van der Waals surface area contributed by atoms with E-state index in [1.165, 1.54) is 19.1 Å². The lowest BCUT2D eigenvalue weighted by Gasteiger charge is -1.99. The molecular weight excluding hydrogens is 394 g/mol. The second-order valence-corrected chi connectivity index (χ2v) is 5.41. The van der Waals surface area contributed by atoms with Gasteiger partial charge in [-0.05, 0) is 72.8 Å². The molecule has 3 aromatic rings. The summed E-state index contributed by atoms with van der Waals surface area (Å²) in [6.45, 7) is 1.44. The van der Waals surface area contributed by atoms with Crippen LogP contribution in [0.5, 0.6) is 17.2 Å². The van der Waals surface area contributed by atoms with E-state index >= 15 is 0 Å². The highest BCUT2D eigenvalue weighted by Crippen LogP contribution is 2.13. The first kappa shape index (κ1) is 34.6. The van der Waals surface area contributed by atoms with Gasteiger partial charge < -0.3 is 32.1 Å². The predicted molar refractivity (Wildman–Crippen MR) is 134 cm³/mol. The van der Waals surface area contributed by atoms with E-state index in [2.05, 4.69) is 5.32 Å². The number of hydrogen-bond acceptors (Lipinski definition) is 6. The first-order chi connectivity index (χ1) is 12.8. The van der Waals surface area contributed by atoms with Crippen molar-refractivity contribution >= 4 is 23.0 Å². The minimum atomic E-state index is -0.115. The molecule has 0 aliphatic rings. The number of anilines is 3. The van der Waals surface area contributed by atoms with Gasteiger partial charge in [-0.3, -0.25) is 4.79 Å². The van der Waals surface area contributed by atoms with Crippen molar-refractivity contribution in [3.05, 3.63) is 72.8 Å². The molecule has 0 unspecified atom stereocenters. The average Bonchev–Trinajstić information content (AvgIpc) is 2.63. The predicted octanol–water partition coefficient (Wildman–Crippen LogP) is 5.84. The quantitative estimate of drug-likeness (QED) is 0.210. The summed E-state index contributed by atoms with van der Waals surface area (Å²) in [4.78, 5) is 10.5. The first-order valence-corrected chi connectivity index (χ1v) is 7.92. The highest BCUT2D eigenvalue weighted by molar-refractivity contribution is 5.88. The molecule has 8 N–H and O–H groups in total. The zero-order chi connectivity index (χ0) is 20.2. The van der Waals surface area contributed by atoms with Gasteiger partial charge >= 0.3 is 0 Å². The van der Waals surface area contributed by atoms with Gasteiger partial charge in [0.1, 0.15) is 17.2 Å². The van der Waals surface area contributed by atoms with E-state index in [9.17, 15) is 4.79 Å². The van der Waals surface area contributed by atoms with E-state index in [0.717, 1.165) is 0 Å². The van der Waals surface area contributed by atoms with Crippen LogP contribution in [0.4, 0.5) is 17.1 Å². The third-order valence-corrected chi connectivity index (χ3v) is 2.97. The minimum Gasteiger partial charge on any atom is -0.508 e. The smallest absolute Gasteiger partial charge is 0.221 e. The molecule has 0 bridgehead atoms. The number of aromatic hydroxyl groups is 3. The summed E-state index contributed by atoms with van der Waals surface area (Å²) in [5, 5.41) is 28.9. The van der Waals surface area contributed by atoms with Crippen LogP contribution in [0.2, 0.25) is 0 Å². The Labute approximate surface area is 187 Å². The van der Waals surface area contributed by atoms with Crippen LogP contribution < -0.4 is 16.8 Å². The Kier molecular flexibility index (Phi) is 20.3. The lowest BCUT2D eigenvalue weighted by Crippen LogP contribution is -2.04. The van der Waals surface area contributed by atoms with E-state index in [4.69, 9.17) is 26.8 Å². The number of phenolic OH excluding ortho intramolecular Hbond substituents is 3. The maximum Gasteiger partial charge on any atom is 0.221 e. The summed E-state index contributed by atoms with van der Waals surface area (Å²) in [5.41, 5.74) is 12.7. The number of nitrogens with one attached hydrogen (secondary N) is 1. The van der Waals surface area contributed by atoms with Crippen LogP contribution >= 0.6 is 0 Å². The first-order valence-electron chi connectivity index (χ1n) is 7.92. The van der Waals surface area contributed by atoms with E-state index < -0.39 is 0 Å². The van der Waals surface area contributed by atoms with Crippen molar-refractivity contribution in [2.75, 3.05) is 16.8 Å². The zero-order valence-electron chi connectivity index (χ0n) is 14.8. The maximum atomic E-state index is 10.5. The largest absolute Gasteiger partial charge is 0.508 e. The molecule has 0 fully saturated rings. The standard InChI is InChI=1S/C8H9NO2.2C6H7NO.4CH4/c1-6(10)9-7-2-4-8(11)5-3-7;2*7-5-1-3-6(8)4-2-5;;;;/h2-5,11H,1H3,(H,9,10);2*1-4,8H,7H2;4*1H4. The van der Waals surface area contributed by atoms with Crippen LogP contribution in [0.15, 0.2) is 72.8 Å². The highest BCUT2D eigenvalue weighted by atomic mass is 16.3. The summed E-state index contributed by atoms with van der Waals surface area (Å²) < 4.78 is 0. The molecule has 0 atom stereocenters. The summed E-state index contributed by atoms with van der Waals surface area (Å²) in [6, 6.07) is 19.1. The molecule has 31 heavy (non-hydrogen) atoms. The van der Waals surface area contributed by atoms with Crippen molar-refractivity contribution in [1.82, 2.24) is 0 Å². The van der Waals surface area contributed by atoms with Gasteiger partial charge in [-0.25, -0.2) is 0 Å². The van der Waals surface area contributed by atoms with Crippen molar-refractivity contribution in [2.45, 2.75) is 36.6 Å². The molecular formula is C24H39N3O4. The van der Waals surface area contributed by atoms with Crippen molar-refractivity contribution < 1.29 is 20.1 Å². The third kappa shape index (κ3) is 16.8. The molecule has 0 radical (unpaired) electrons. The Hall–Kier alpha value is -3.87. The Morgan fingerprint density at radius 2 is 0.871 bits per heavy atom. The van der Waals surface area contributed by atoms with E-state index in [1.54, 1.807) is 60.7 Å². The van der Waals surface area contributed by atoms with Crippen molar-refractivity contribution in [3.63, 3.8) is 0 Å². The van der Waals surface area contributed by atoms with Crippen molar-refractivity contribution in [1.29, 1.82) is 0 Å². The molecule has 3 rings (SSSR count). The Bertz CT molecular complexity index is 733. The van der Waals surface area contributed by atoms with Crippen LogP contribution in [0.25, 0.3) is 0 Å². The number of nitrogen functional groups attached to an aromatic ring is 2. The number of nitrogens with two attached hydrogens (primary N) is 2. The summed E-state index contributed by atoms with van der Waals surface area (Å²) >= 11 is 0. The summed E-state index contributed by atoms with van der Waals surface area (Å²) in [6.07, 6.45) is 0. The van der Waals surface area contributed by atoms with Crippen LogP contribution in [0, 0.1) is 0 Å². The van der Waals surface area contributed by atoms with Gasteiger partial charge in [0.2, 0.25) is 5.91 Å². The molecule has 0 aliphatic heterocycles. The normalized spacial score (nSPS) is 7.90. The van der Waals surface area contributed by atoms with Gasteiger partial charge in [0.15, 0.2) is 0 Å². The highest BCUT2D eigenvalue weighted by Gasteiger charge is 1.93. The van der Waals surface area contributed by atoms with Crippen LogP contribution in [0.3, 0.4) is 0 Å². The Morgan fingerprint density at radius 3 is 1.10 bits per heavy atom. The lowest BCUT2D eigenvalue weighted by molar-refractivity contribution is -0.114. The van der Waals surface area contributed by atoms with E-state index in [0.29, 0.717) is 17.1 Å². The number of amides is 1. The van der Waals surface area contributed by atoms with Gasteiger partial charge in [0, 0.05) is 24.0 Å². The number of benzene rings is 3. The second-order valence-electron chi connectivity index (χ2n) is 5.41. The molecule has 0 spiro atoms. The van der Waals surface area contributed by atoms with Gasteiger partial charge in [-0.2, -0.15) is 0 Å². The molecule has 0 saturated heterocycles. The van der Waals surface area contributed by atoms with Gasteiger partial charge in [0.25, 0.3) is 0 Å². The van der Waals surface area contributed by atoms with E-state index in [1.807, 2.05) is 0 Å². The number of carbonyl (C=O) groups is 1.